The molecule has 2 aromatic heterocycles. The standard InChI is InChI=1S/C22H21FN4O2/c1-3-13-26-20-19(25(2)18(24-20)14-15-7-5-4-6-8-15)21(28)27(22(26)29)17-11-9-16(23)10-12-17/h4-12H,3,13-14H2,1-2H3. The Kier molecular flexibility index (Phi) is 4.88. The number of hydrogen-bond donors (Lipinski definition) is 0. The smallest absolute Gasteiger partial charge is 0.325 e. The Hall–Kier alpha value is -3.48. The van der Waals surface area contributed by atoms with Crippen molar-refractivity contribution in [1.82, 2.24) is 18.7 Å². The number of aryl methyl sites for hydroxylation is 2. The monoisotopic (exact) mass is 392 g/mol. The predicted molar refractivity (Wildman–Crippen MR) is 110 cm³/mol. The molecular formula is C22H21FN4O2. The summed E-state index contributed by atoms with van der Waals surface area (Å²) in [5.74, 6) is 0.270. The Balaban J connectivity index is 1.99. The van der Waals surface area contributed by atoms with E-state index in [1.54, 1.807) is 11.6 Å². The zero-order valence-electron chi connectivity index (χ0n) is 16.3. The molecule has 2 aromatic carbocycles. The van der Waals surface area contributed by atoms with Gasteiger partial charge in [0.05, 0.1) is 5.69 Å². The maximum absolute atomic E-state index is 13.3. The third kappa shape index (κ3) is 3.29. The number of hydrogen-bond acceptors (Lipinski definition) is 3. The molecule has 0 N–H and O–H groups in total. The fourth-order valence-corrected chi connectivity index (χ4v) is 3.54. The summed E-state index contributed by atoms with van der Waals surface area (Å²) in [4.78, 5) is 31.1. The van der Waals surface area contributed by atoms with Crippen molar-refractivity contribution in [3.63, 3.8) is 0 Å². The van der Waals surface area contributed by atoms with Crippen LogP contribution in [0, 0.1) is 5.82 Å². The molecule has 2 heterocycles. The predicted octanol–water partition coefficient (Wildman–Crippen LogP) is 3.03. The Morgan fingerprint density at radius 1 is 1.00 bits per heavy atom. The van der Waals surface area contributed by atoms with Gasteiger partial charge >= 0.3 is 5.69 Å². The molecule has 0 aliphatic heterocycles. The van der Waals surface area contributed by atoms with Gasteiger partial charge in [-0.25, -0.2) is 18.7 Å². The van der Waals surface area contributed by atoms with E-state index >= 15 is 0 Å². The summed E-state index contributed by atoms with van der Waals surface area (Å²) in [6.07, 6.45) is 1.25. The summed E-state index contributed by atoms with van der Waals surface area (Å²) < 4.78 is 17.7. The molecule has 6 nitrogen and oxygen atoms in total. The minimum absolute atomic E-state index is 0.332. The van der Waals surface area contributed by atoms with Crippen LogP contribution in [0.15, 0.2) is 64.2 Å². The van der Waals surface area contributed by atoms with Gasteiger partial charge < -0.3 is 4.57 Å². The number of rotatable bonds is 5. The van der Waals surface area contributed by atoms with Crippen molar-refractivity contribution in [2.75, 3.05) is 0 Å². The average molecular weight is 392 g/mol. The molecule has 29 heavy (non-hydrogen) atoms. The second-order valence-corrected chi connectivity index (χ2v) is 6.97. The molecule has 0 radical (unpaired) electrons. The van der Waals surface area contributed by atoms with Gasteiger partial charge in [-0.1, -0.05) is 37.3 Å². The largest absolute Gasteiger partial charge is 0.337 e. The topological polar surface area (TPSA) is 61.8 Å². The second-order valence-electron chi connectivity index (χ2n) is 6.97. The number of nitrogens with zero attached hydrogens (tertiary/aromatic N) is 4. The van der Waals surface area contributed by atoms with E-state index in [4.69, 9.17) is 0 Å². The molecule has 0 aliphatic rings. The minimum Gasteiger partial charge on any atom is -0.325 e. The van der Waals surface area contributed by atoms with E-state index in [-0.39, 0.29) is 0 Å². The summed E-state index contributed by atoms with van der Waals surface area (Å²) in [6, 6.07) is 15.2. The van der Waals surface area contributed by atoms with E-state index in [0.29, 0.717) is 42.1 Å². The summed E-state index contributed by atoms with van der Waals surface area (Å²) in [7, 11) is 1.78. The lowest BCUT2D eigenvalue weighted by atomic mass is 10.1. The summed E-state index contributed by atoms with van der Waals surface area (Å²) in [6.45, 7) is 2.39. The first-order valence-corrected chi connectivity index (χ1v) is 9.52. The number of fused-ring (bicyclic) bond motifs is 1. The van der Waals surface area contributed by atoms with Gasteiger partial charge in [0.1, 0.15) is 11.6 Å². The van der Waals surface area contributed by atoms with E-state index < -0.39 is 17.1 Å². The lowest BCUT2D eigenvalue weighted by Gasteiger charge is -2.11. The molecule has 0 saturated heterocycles. The molecule has 4 rings (SSSR count). The third-order valence-electron chi connectivity index (χ3n) is 4.99. The van der Waals surface area contributed by atoms with Crippen molar-refractivity contribution in [3.05, 3.63) is 92.6 Å². The molecule has 0 bridgehead atoms. The number of imidazole rings is 1. The van der Waals surface area contributed by atoms with Crippen molar-refractivity contribution >= 4 is 11.2 Å². The highest BCUT2D eigenvalue weighted by molar-refractivity contribution is 5.71. The quantitative estimate of drug-likeness (QED) is 0.525. The molecule has 0 unspecified atom stereocenters. The maximum Gasteiger partial charge on any atom is 0.337 e. The van der Waals surface area contributed by atoms with Gasteiger partial charge in [-0.05, 0) is 36.2 Å². The molecular weight excluding hydrogens is 371 g/mol. The molecule has 7 heteroatoms. The first kappa shape index (κ1) is 18.9. The van der Waals surface area contributed by atoms with E-state index in [2.05, 4.69) is 4.98 Å². The minimum atomic E-state index is -0.472. The van der Waals surface area contributed by atoms with E-state index in [0.717, 1.165) is 10.1 Å². The van der Waals surface area contributed by atoms with E-state index in [1.165, 1.54) is 28.8 Å². The molecule has 0 fully saturated rings. The Morgan fingerprint density at radius 2 is 1.69 bits per heavy atom. The van der Waals surface area contributed by atoms with Crippen LogP contribution in [0.4, 0.5) is 4.39 Å². The van der Waals surface area contributed by atoms with Crippen molar-refractivity contribution in [3.8, 4) is 5.69 Å². The Bertz CT molecular complexity index is 1290. The molecule has 0 atom stereocenters. The average Bonchev–Trinajstić information content (AvgIpc) is 3.04. The van der Waals surface area contributed by atoms with Crippen molar-refractivity contribution in [2.24, 2.45) is 7.05 Å². The first-order chi connectivity index (χ1) is 14.0. The van der Waals surface area contributed by atoms with Gasteiger partial charge in [-0.2, -0.15) is 0 Å². The molecule has 4 aromatic rings. The lowest BCUT2D eigenvalue weighted by Crippen LogP contribution is -2.39. The summed E-state index contributed by atoms with van der Waals surface area (Å²) in [5.41, 5.74) is 1.20. The zero-order chi connectivity index (χ0) is 20.5. The van der Waals surface area contributed by atoms with Gasteiger partial charge in [0.15, 0.2) is 11.2 Å². The number of halogens is 1. The third-order valence-corrected chi connectivity index (χ3v) is 4.99. The van der Waals surface area contributed by atoms with Gasteiger partial charge in [0.25, 0.3) is 5.56 Å². The highest BCUT2D eigenvalue weighted by Gasteiger charge is 2.20. The second kappa shape index (κ2) is 7.50. The fraction of sp³-hybridized carbons (Fsp3) is 0.227. The van der Waals surface area contributed by atoms with Crippen LogP contribution < -0.4 is 11.2 Å². The molecule has 0 spiro atoms. The van der Waals surface area contributed by atoms with Gasteiger partial charge in [0, 0.05) is 20.0 Å². The van der Waals surface area contributed by atoms with Crippen LogP contribution in [0.2, 0.25) is 0 Å². The van der Waals surface area contributed by atoms with Crippen LogP contribution in [0.5, 0.6) is 0 Å². The highest BCUT2D eigenvalue weighted by atomic mass is 19.1. The van der Waals surface area contributed by atoms with Crippen LogP contribution in [-0.4, -0.2) is 18.7 Å². The van der Waals surface area contributed by atoms with Gasteiger partial charge in [0.2, 0.25) is 0 Å². The fourth-order valence-electron chi connectivity index (χ4n) is 3.54. The summed E-state index contributed by atoms with van der Waals surface area (Å²) >= 11 is 0. The van der Waals surface area contributed by atoms with Crippen molar-refractivity contribution < 1.29 is 4.39 Å². The molecule has 0 amide bonds. The van der Waals surface area contributed by atoms with E-state index in [9.17, 15) is 14.0 Å². The molecule has 0 aliphatic carbocycles. The Morgan fingerprint density at radius 3 is 2.34 bits per heavy atom. The normalized spacial score (nSPS) is 11.3. The van der Waals surface area contributed by atoms with Crippen molar-refractivity contribution in [2.45, 2.75) is 26.3 Å². The van der Waals surface area contributed by atoms with Gasteiger partial charge in [-0.3, -0.25) is 9.36 Å². The zero-order valence-corrected chi connectivity index (χ0v) is 16.3. The lowest BCUT2D eigenvalue weighted by molar-refractivity contribution is 0.622. The SMILES string of the molecule is CCCn1c(=O)n(-c2ccc(F)cc2)c(=O)c2c1nc(Cc1ccccc1)n2C. The van der Waals surface area contributed by atoms with Crippen LogP contribution in [-0.2, 0) is 20.0 Å². The van der Waals surface area contributed by atoms with E-state index in [1.807, 2.05) is 37.3 Å². The van der Waals surface area contributed by atoms with Crippen LogP contribution in [0.3, 0.4) is 0 Å². The van der Waals surface area contributed by atoms with Crippen molar-refractivity contribution in [1.29, 1.82) is 0 Å². The number of aromatic nitrogens is 4. The highest BCUT2D eigenvalue weighted by Crippen LogP contribution is 2.15. The Labute approximate surface area is 166 Å². The van der Waals surface area contributed by atoms with Crippen LogP contribution >= 0.6 is 0 Å². The van der Waals surface area contributed by atoms with Crippen LogP contribution in [0.25, 0.3) is 16.9 Å². The summed E-state index contributed by atoms with van der Waals surface area (Å²) in [5, 5.41) is 0. The van der Waals surface area contributed by atoms with Gasteiger partial charge in [-0.15, -0.1) is 0 Å². The first-order valence-electron chi connectivity index (χ1n) is 9.52. The molecule has 0 saturated carbocycles. The van der Waals surface area contributed by atoms with Crippen LogP contribution in [0.1, 0.15) is 24.7 Å². The number of benzene rings is 2. The molecule has 148 valence electrons. The maximum atomic E-state index is 13.3.